The van der Waals surface area contributed by atoms with Gasteiger partial charge in [-0.2, -0.15) is 0 Å². The molecule has 0 atom stereocenters. The number of hydrogen-bond acceptors (Lipinski definition) is 4. The summed E-state index contributed by atoms with van der Waals surface area (Å²) in [5, 5.41) is 0.438. The smallest absolute Gasteiger partial charge is 0.298 e. The van der Waals surface area contributed by atoms with Crippen LogP contribution in [0, 0.1) is 6.92 Å². The van der Waals surface area contributed by atoms with Crippen molar-refractivity contribution in [2.45, 2.75) is 20.4 Å². The fraction of sp³-hybridized carbons (Fsp3) is 0.300. The molecule has 0 aliphatic carbocycles. The molecule has 1 N–H and O–H groups in total. The van der Waals surface area contributed by atoms with E-state index in [0.717, 1.165) is 15.9 Å². The van der Waals surface area contributed by atoms with Gasteiger partial charge in [0.25, 0.3) is 5.56 Å². The molecule has 0 saturated carbocycles. The lowest BCUT2D eigenvalue weighted by molar-refractivity contribution is 0.112. The molecule has 0 amide bonds. The summed E-state index contributed by atoms with van der Waals surface area (Å²) in [4.78, 5) is 37.8. The van der Waals surface area contributed by atoms with Crippen molar-refractivity contribution in [2.75, 3.05) is 0 Å². The van der Waals surface area contributed by atoms with Crippen LogP contribution in [0.3, 0.4) is 0 Å². The molecule has 2 aromatic heterocycles. The Morgan fingerprint density at radius 1 is 1.44 bits per heavy atom. The summed E-state index contributed by atoms with van der Waals surface area (Å²) in [6, 6.07) is 0. The van der Waals surface area contributed by atoms with Gasteiger partial charge in [-0.25, -0.2) is 4.79 Å². The fourth-order valence-electron chi connectivity index (χ4n) is 1.67. The minimum absolute atomic E-state index is 0.315. The molecule has 0 aromatic carbocycles. The third-order valence-electron chi connectivity index (χ3n) is 2.53. The van der Waals surface area contributed by atoms with Crippen molar-refractivity contribution in [1.29, 1.82) is 0 Å². The van der Waals surface area contributed by atoms with Crippen molar-refractivity contribution in [2.24, 2.45) is 0 Å². The molecular formula is C10H10N2O3S. The molecule has 16 heavy (non-hydrogen) atoms. The largest absolute Gasteiger partial charge is 0.329 e. The number of fused-ring (bicyclic) bond motifs is 1. The molecule has 0 unspecified atom stereocenters. The average Bonchev–Trinajstić information content (AvgIpc) is 2.55. The second-order valence-electron chi connectivity index (χ2n) is 3.39. The van der Waals surface area contributed by atoms with Crippen LogP contribution in [0.25, 0.3) is 10.2 Å². The van der Waals surface area contributed by atoms with Gasteiger partial charge >= 0.3 is 5.69 Å². The topological polar surface area (TPSA) is 71.9 Å². The van der Waals surface area contributed by atoms with E-state index in [4.69, 9.17) is 0 Å². The molecular weight excluding hydrogens is 228 g/mol. The van der Waals surface area contributed by atoms with Crippen molar-refractivity contribution in [3.05, 3.63) is 31.3 Å². The number of aryl methyl sites for hydroxylation is 1. The molecule has 2 aromatic rings. The van der Waals surface area contributed by atoms with Crippen molar-refractivity contribution in [1.82, 2.24) is 9.55 Å². The van der Waals surface area contributed by atoms with Crippen LogP contribution in [-0.4, -0.2) is 15.8 Å². The number of aromatic nitrogens is 2. The van der Waals surface area contributed by atoms with Gasteiger partial charge in [-0.15, -0.1) is 11.3 Å². The summed E-state index contributed by atoms with van der Waals surface area (Å²) in [6.45, 7) is 3.75. The average molecular weight is 238 g/mol. The van der Waals surface area contributed by atoms with Crippen LogP contribution in [0.1, 0.15) is 22.2 Å². The normalized spacial score (nSPS) is 10.9. The predicted molar refractivity (Wildman–Crippen MR) is 62.5 cm³/mol. The van der Waals surface area contributed by atoms with E-state index in [9.17, 15) is 14.4 Å². The van der Waals surface area contributed by atoms with Gasteiger partial charge in [-0.1, -0.05) is 0 Å². The van der Waals surface area contributed by atoms with E-state index in [2.05, 4.69) is 4.98 Å². The maximum atomic E-state index is 12.0. The standard InChI is InChI=1S/C10H10N2O3S/c1-3-12-9(14)7-5(2)6(4-13)16-8(7)11-10(12)15/h4H,3H2,1-2H3,(H,11,15). The Bertz CT molecular complexity index is 678. The Morgan fingerprint density at radius 3 is 2.69 bits per heavy atom. The van der Waals surface area contributed by atoms with Crippen molar-refractivity contribution in [3.63, 3.8) is 0 Å². The molecule has 2 rings (SSSR count). The monoisotopic (exact) mass is 238 g/mol. The third kappa shape index (κ3) is 1.34. The number of rotatable bonds is 2. The lowest BCUT2D eigenvalue weighted by atomic mass is 10.2. The van der Waals surface area contributed by atoms with Crippen LogP contribution in [0.15, 0.2) is 9.59 Å². The molecule has 6 heteroatoms. The van der Waals surface area contributed by atoms with Gasteiger partial charge in [0.15, 0.2) is 6.29 Å². The molecule has 0 aliphatic rings. The van der Waals surface area contributed by atoms with Gasteiger partial charge in [0.2, 0.25) is 0 Å². The Hall–Kier alpha value is -1.69. The van der Waals surface area contributed by atoms with E-state index >= 15 is 0 Å². The van der Waals surface area contributed by atoms with Gasteiger partial charge in [-0.3, -0.25) is 19.1 Å². The highest BCUT2D eigenvalue weighted by molar-refractivity contribution is 7.20. The summed E-state index contributed by atoms with van der Waals surface area (Å²) >= 11 is 1.13. The Kier molecular flexibility index (Phi) is 2.51. The fourth-order valence-corrected chi connectivity index (χ4v) is 2.67. The van der Waals surface area contributed by atoms with E-state index < -0.39 is 5.69 Å². The van der Waals surface area contributed by atoms with Gasteiger partial charge < -0.3 is 0 Å². The molecule has 0 radical (unpaired) electrons. The highest BCUT2D eigenvalue weighted by Crippen LogP contribution is 2.24. The maximum absolute atomic E-state index is 12.0. The first-order chi connectivity index (χ1) is 7.60. The van der Waals surface area contributed by atoms with Crippen LogP contribution in [-0.2, 0) is 6.54 Å². The highest BCUT2D eigenvalue weighted by atomic mass is 32.1. The molecule has 0 fully saturated rings. The molecule has 0 saturated heterocycles. The van der Waals surface area contributed by atoms with Crippen LogP contribution < -0.4 is 11.2 Å². The first-order valence-corrected chi connectivity index (χ1v) is 5.63. The zero-order valence-electron chi connectivity index (χ0n) is 8.86. The Labute approximate surface area is 94.3 Å². The number of thiophene rings is 1. The van der Waals surface area contributed by atoms with E-state index in [1.165, 1.54) is 0 Å². The maximum Gasteiger partial charge on any atom is 0.329 e. The van der Waals surface area contributed by atoms with Gasteiger partial charge in [0.05, 0.1) is 10.3 Å². The van der Waals surface area contributed by atoms with Crippen molar-refractivity contribution in [3.8, 4) is 0 Å². The second kappa shape index (κ2) is 3.71. The third-order valence-corrected chi connectivity index (χ3v) is 3.66. The lowest BCUT2D eigenvalue weighted by Crippen LogP contribution is -2.34. The highest BCUT2D eigenvalue weighted by Gasteiger charge is 2.14. The second-order valence-corrected chi connectivity index (χ2v) is 4.45. The van der Waals surface area contributed by atoms with E-state index in [0.29, 0.717) is 33.5 Å². The Morgan fingerprint density at radius 2 is 2.12 bits per heavy atom. The minimum atomic E-state index is -0.432. The molecule has 2 heterocycles. The number of nitrogens with zero attached hydrogens (tertiary/aromatic N) is 1. The van der Waals surface area contributed by atoms with E-state index in [1.807, 2.05) is 0 Å². The molecule has 84 valence electrons. The van der Waals surface area contributed by atoms with Crippen LogP contribution in [0.4, 0.5) is 0 Å². The van der Waals surface area contributed by atoms with Gasteiger partial charge in [-0.05, 0) is 19.4 Å². The minimum Gasteiger partial charge on any atom is -0.298 e. The lowest BCUT2D eigenvalue weighted by Gasteiger charge is -1.99. The van der Waals surface area contributed by atoms with Crippen molar-refractivity contribution >= 4 is 27.8 Å². The molecule has 0 aliphatic heterocycles. The van der Waals surface area contributed by atoms with Crippen LogP contribution >= 0.6 is 11.3 Å². The summed E-state index contributed by atoms with van der Waals surface area (Å²) < 4.78 is 1.12. The SMILES string of the molecule is CCn1c(=O)[nH]c2sc(C=O)c(C)c2c1=O. The van der Waals surface area contributed by atoms with Gasteiger partial charge in [0.1, 0.15) is 4.83 Å². The van der Waals surface area contributed by atoms with Crippen LogP contribution in [0.5, 0.6) is 0 Å². The number of H-pyrrole nitrogens is 1. The molecule has 0 bridgehead atoms. The number of carbonyl (C=O) groups is 1. The van der Waals surface area contributed by atoms with E-state index in [1.54, 1.807) is 13.8 Å². The van der Waals surface area contributed by atoms with Crippen LogP contribution in [0.2, 0.25) is 0 Å². The first kappa shape index (κ1) is 10.8. The van der Waals surface area contributed by atoms with Gasteiger partial charge in [0, 0.05) is 6.54 Å². The number of nitrogens with one attached hydrogen (secondary N) is 1. The number of aldehydes is 1. The number of hydrogen-bond donors (Lipinski definition) is 1. The summed E-state index contributed by atoms with van der Waals surface area (Å²) in [5.74, 6) is 0. The summed E-state index contributed by atoms with van der Waals surface area (Å²) in [7, 11) is 0. The zero-order valence-corrected chi connectivity index (χ0v) is 9.68. The van der Waals surface area contributed by atoms with E-state index in [-0.39, 0.29) is 5.56 Å². The molecule has 5 nitrogen and oxygen atoms in total. The predicted octanol–water partition coefficient (Wildman–Crippen LogP) is 0.892. The number of carbonyl (C=O) groups excluding carboxylic acids is 1. The summed E-state index contributed by atoms with van der Waals surface area (Å²) in [5.41, 5.74) is -0.125. The zero-order chi connectivity index (χ0) is 11.9. The first-order valence-electron chi connectivity index (χ1n) is 4.81. The summed E-state index contributed by atoms with van der Waals surface area (Å²) in [6.07, 6.45) is 0.702. The number of aromatic amines is 1. The Balaban J connectivity index is 3.03. The molecule has 0 spiro atoms. The quantitative estimate of drug-likeness (QED) is 0.790. The van der Waals surface area contributed by atoms with Crippen molar-refractivity contribution < 1.29 is 4.79 Å².